The Kier molecular flexibility index (Phi) is 15.5. The highest BCUT2D eigenvalue weighted by atomic mass is 33.1. The molecule has 0 radical (unpaired) electrons. The lowest BCUT2D eigenvalue weighted by molar-refractivity contribution is -0.144. The number of hydrogen-bond donors (Lipinski definition) is 0. The van der Waals surface area contributed by atoms with Crippen LogP contribution in [0.5, 0.6) is 0 Å². The van der Waals surface area contributed by atoms with Crippen molar-refractivity contribution in [3.8, 4) is 0 Å². The van der Waals surface area contributed by atoms with Crippen molar-refractivity contribution in [1.29, 1.82) is 0 Å². The lowest BCUT2D eigenvalue weighted by atomic mass is 9.91. The molecule has 0 atom stereocenters. The molecular formula is C20H40O2S2. The Labute approximate surface area is 159 Å². The van der Waals surface area contributed by atoms with Crippen LogP contribution in [0.3, 0.4) is 0 Å². The van der Waals surface area contributed by atoms with Crippen LogP contribution in [0.15, 0.2) is 0 Å². The third-order valence-corrected chi connectivity index (χ3v) is 6.38. The van der Waals surface area contributed by atoms with Gasteiger partial charge in [0.25, 0.3) is 0 Å². The molecule has 2 nitrogen and oxygen atoms in total. The summed E-state index contributed by atoms with van der Waals surface area (Å²) in [6.07, 6.45) is 10.3. The first-order valence-corrected chi connectivity index (χ1v) is 12.2. The Morgan fingerprint density at radius 3 is 2.08 bits per heavy atom. The van der Waals surface area contributed by atoms with Crippen molar-refractivity contribution in [3.05, 3.63) is 0 Å². The van der Waals surface area contributed by atoms with Crippen LogP contribution in [0.2, 0.25) is 0 Å². The Morgan fingerprint density at radius 2 is 1.50 bits per heavy atom. The van der Waals surface area contributed by atoms with Gasteiger partial charge in [0.1, 0.15) is 0 Å². The highest BCUT2D eigenvalue weighted by Crippen LogP contribution is 2.25. The zero-order chi connectivity index (χ0) is 18.3. The lowest BCUT2D eigenvalue weighted by Crippen LogP contribution is -2.11. The van der Waals surface area contributed by atoms with E-state index in [1.54, 1.807) is 0 Å². The molecule has 0 aliphatic carbocycles. The van der Waals surface area contributed by atoms with E-state index in [2.05, 4.69) is 34.6 Å². The fraction of sp³-hybridized carbons (Fsp3) is 0.950. The van der Waals surface area contributed by atoms with Gasteiger partial charge >= 0.3 is 5.97 Å². The number of ether oxygens (including phenoxy) is 1. The number of hydrogen-bond acceptors (Lipinski definition) is 4. The fourth-order valence-corrected chi connectivity index (χ4v) is 4.48. The van der Waals surface area contributed by atoms with Crippen LogP contribution < -0.4 is 0 Å². The van der Waals surface area contributed by atoms with Crippen LogP contribution in [0.1, 0.15) is 92.4 Å². The Bertz CT molecular complexity index is 299. The van der Waals surface area contributed by atoms with Crippen molar-refractivity contribution in [1.82, 2.24) is 0 Å². The molecule has 0 aromatic heterocycles. The summed E-state index contributed by atoms with van der Waals surface area (Å²) < 4.78 is 5.29. The van der Waals surface area contributed by atoms with Gasteiger partial charge in [0.2, 0.25) is 0 Å². The van der Waals surface area contributed by atoms with Crippen LogP contribution >= 0.6 is 21.6 Å². The van der Waals surface area contributed by atoms with Crippen molar-refractivity contribution < 1.29 is 9.53 Å². The predicted molar refractivity (Wildman–Crippen MR) is 112 cm³/mol. The molecular weight excluding hydrogens is 336 g/mol. The third kappa shape index (κ3) is 20.2. The highest BCUT2D eigenvalue weighted by molar-refractivity contribution is 8.76. The van der Waals surface area contributed by atoms with Gasteiger partial charge in [-0.3, -0.25) is 4.79 Å². The summed E-state index contributed by atoms with van der Waals surface area (Å²) in [6.45, 7) is 11.7. The van der Waals surface area contributed by atoms with E-state index in [9.17, 15) is 4.79 Å². The molecule has 0 saturated heterocycles. The smallest absolute Gasteiger partial charge is 0.305 e. The van der Waals surface area contributed by atoms with Crippen molar-refractivity contribution >= 4 is 27.6 Å². The molecule has 0 unspecified atom stereocenters. The second-order valence-corrected chi connectivity index (χ2v) is 10.9. The van der Waals surface area contributed by atoms with E-state index in [4.69, 9.17) is 4.74 Å². The second kappa shape index (κ2) is 15.4. The average molecular weight is 377 g/mol. The average Bonchev–Trinajstić information content (AvgIpc) is 2.48. The summed E-state index contributed by atoms with van der Waals surface area (Å²) in [6, 6.07) is 0. The quantitative estimate of drug-likeness (QED) is 0.173. The Balaban J connectivity index is 3.19. The van der Waals surface area contributed by atoms with Crippen LogP contribution in [-0.2, 0) is 9.53 Å². The SMILES string of the molecule is CC(C)CCCCSSCCCCCCOC(=O)CCC(C)(C)C. The number of rotatable bonds is 15. The monoisotopic (exact) mass is 376 g/mol. The van der Waals surface area contributed by atoms with Crippen LogP contribution in [0.25, 0.3) is 0 Å². The third-order valence-electron chi connectivity index (χ3n) is 3.81. The van der Waals surface area contributed by atoms with Gasteiger partial charge in [-0.15, -0.1) is 0 Å². The van der Waals surface area contributed by atoms with Crippen molar-refractivity contribution in [2.45, 2.75) is 92.4 Å². The minimum absolute atomic E-state index is 0.0330. The number of unbranched alkanes of at least 4 members (excludes halogenated alkanes) is 4. The second-order valence-electron chi connectivity index (χ2n) is 8.23. The molecule has 0 rings (SSSR count). The summed E-state index contributed by atoms with van der Waals surface area (Å²) in [5, 5.41) is 0. The molecule has 0 aliphatic rings. The van der Waals surface area contributed by atoms with E-state index in [1.165, 1.54) is 50.0 Å². The van der Waals surface area contributed by atoms with Gasteiger partial charge in [-0.1, -0.05) is 81.9 Å². The first-order chi connectivity index (χ1) is 11.3. The summed E-state index contributed by atoms with van der Waals surface area (Å²) in [7, 11) is 4.05. The minimum atomic E-state index is -0.0330. The first-order valence-electron chi connectivity index (χ1n) is 9.71. The number of esters is 1. The largest absolute Gasteiger partial charge is 0.466 e. The zero-order valence-electron chi connectivity index (χ0n) is 16.7. The lowest BCUT2D eigenvalue weighted by Gasteiger charge is -2.16. The Hall–Kier alpha value is 0.170. The van der Waals surface area contributed by atoms with Crippen LogP contribution in [0, 0.1) is 11.3 Å². The zero-order valence-corrected chi connectivity index (χ0v) is 18.3. The van der Waals surface area contributed by atoms with Gasteiger partial charge in [-0.2, -0.15) is 0 Å². The van der Waals surface area contributed by atoms with Gasteiger partial charge in [0.15, 0.2) is 0 Å². The van der Waals surface area contributed by atoms with Gasteiger partial charge in [0, 0.05) is 17.9 Å². The molecule has 0 heterocycles. The molecule has 0 amide bonds. The molecule has 0 saturated carbocycles. The molecule has 0 N–H and O–H groups in total. The maximum absolute atomic E-state index is 11.6. The highest BCUT2D eigenvalue weighted by Gasteiger charge is 2.13. The maximum atomic E-state index is 11.6. The number of carbonyl (C=O) groups excluding carboxylic acids is 1. The number of carbonyl (C=O) groups is 1. The van der Waals surface area contributed by atoms with Gasteiger partial charge in [-0.05, 0) is 37.0 Å². The van der Waals surface area contributed by atoms with E-state index >= 15 is 0 Å². The van der Waals surface area contributed by atoms with Crippen molar-refractivity contribution in [2.24, 2.45) is 11.3 Å². The van der Waals surface area contributed by atoms with Gasteiger partial charge in [0.05, 0.1) is 6.61 Å². The van der Waals surface area contributed by atoms with E-state index in [1.807, 2.05) is 21.6 Å². The fourth-order valence-electron chi connectivity index (χ4n) is 2.18. The molecule has 0 aromatic carbocycles. The van der Waals surface area contributed by atoms with Gasteiger partial charge in [-0.25, -0.2) is 0 Å². The van der Waals surface area contributed by atoms with E-state index in [-0.39, 0.29) is 11.4 Å². The normalized spacial score (nSPS) is 11.9. The molecule has 144 valence electrons. The van der Waals surface area contributed by atoms with Crippen molar-refractivity contribution in [3.63, 3.8) is 0 Å². The first kappa shape index (κ1) is 24.2. The van der Waals surface area contributed by atoms with E-state index in [0.717, 1.165) is 18.8 Å². The summed E-state index contributed by atoms with van der Waals surface area (Å²) in [4.78, 5) is 11.6. The maximum Gasteiger partial charge on any atom is 0.305 e. The molecule has 0 aromatic rings. The molecule has 24 heavy (non-hydrogen) atoms. The van der Waals surface area contributed by atoms with E-state index in [0.29, 0.717) is 13.0 Å². The van der Waals surface area contributed by atoms with Crippen molar-refractivity contribution in [2.75, 3.05) is 18.1 Å². The van der Waals surface area contributed by atoms with Crippen LogP contribution in [-0.4, -0.2) is 24.1 Å². The minimum Gasteiger partial charge on any atom is -0.466 e. The molecule has 0 bridgehead atoms. The molecule has 0 spiro atoms. The molecule has 0 fully saturated rings. The summed E-state index contributed by atoms with van der Waals surface area (Å²) in [5.74, 6) is 3.36. The standard InChI is InChI=1S/C20H40O2S2/c1-18(2)12-8-11-17-24-23-16-10-7-6-9-15-22-19(21)13-14-20(3,4)5/h18H,6-17H2,1-5H3. The molecule has 4 heteroatoms. The molecule has 0 aliphatic heterocycles. The predicted octanol–water partition coefficient (Wildman–Crippen LogP) is 7.12. The summed E-state index contributed by atoms with van der Waals surface area (Å²) >= 11 is 0. The van der Waals surface area contributed by atoms with Gasteiger partial charge < -0.3 is 4.74 Å². The van der Waals surface area contributed by atoms with Crippen LogP contribution in [0.4, 0.5) is 0 Å². The topological polar surface area (TPSA) is 26.3 Å². The summed E-state index contributed by atoms with van der Waals surface area (Å²) in [5.41, 5.74) is 0.211. The Morgan fingerprint density at radius 1 is 0.917 bits per heavy atom. The van der Waals surface area contributed by atoms with E-state index < -0.39 is 0 Å².